The van der Waals surface area contributed by atoms with Gasteiger partial charge in [0.05, 0.1) is 17.4 Å². The van der Waals surface area contributed by atoms with Gasteiger partial charge in [-0.05, 0) is 36.7 Å². The fraction of sp³-hybridized carbons (Fsp3) is 0.706. The average molecular weight is 325 g/mol. The highest BCUT2D eigenvalue weighted by molar-refractivity contribution is 6.22. The summed E-state index contributed by atoms with van der Waals surface area (Å²) in [7, 11) is 0. The highest BCUT2D eigenvalue weighted by Crippen LogP contribution is 2.47. The van der Waals surface area contributed by atoms with Gasteiger partial charge < -0.3 is 10.4 Å². The third kappa shape index (κ3) is 2.71. The summed E-state index contributed by atoms with van der Waals surface area (Å²) in [4.78, 5) is 0. The van der Waals surface area contributed by atoms with Crippen LogP contribution in [0.1, 0.15) is 32.1 Å². The number of allylic oxidation sites excluding steroid dienone is 3. The van der Waals surface area contributed by atoms with Gasteiger partial charge in [-0.1, -0.05) is 18.6 Å². The first-order valence-electron chi connectivity index (χ1n) is 8.04. The molecule has 120 valence electrons. The molecule has 1 heterocycles. The van der Waals surface area contributed by atoms with Crippen LogP contribution >= 0.6 is 11.6 Å². The van der Waals surface area contributed by atoms with Gasteiger partial charge in [0.1, 0.15) is 5.83 Å². The van der Waals surface area contributed by atoms with Crippen molar-refractivity contribution < 1.29 is 9.50 Å². The number of nitriles is 1. The number of nitrogens with one attached hydrogen (secondary N) is 1. The van der Waals surface area contributed by atoms with Gasteiger partial charge in [0, 0.05) is 25.1 Å². The normalized spacial score (nSPS) is 37.0. The average Bonchev–Trinajstić information content (AvgIpc) is 2.88. The molecule has 3 nitrogen and oxygen atoms in total. The van der Waals surface area contributed by atoms with E-state index in [-0.39, 0.29) is 35.7 Å². The van der Waals surface area contributed by atoms with Crippen LogP contribution in [0, 0.1) is 28.6 Å². The lowest BCUT2D eigenvalue weighted by Crippen LogP contribution is -2.41. The van der Waals surface area contributed by atoms with E-state index in [0.29, 0.717) is 18.5 Å². The van der Waals surface area contributed by atoms with Gasteiger partial charge in [-0.25, -0.2) is 4.39 Å². The Labute approximate surface area is 135 Å². The number of alkyl halides is 1. The second kappa shape index (κ2) is 6.31. The Kier molecular flexibility index (Phi) is 4.59. The van der Waals surface area contributed by atoms with Crippen LogP contribution in [0.4, 0.5) is 4.39 Å². The van der Waals surface area contributed by atoms with Crippen LogP contribution in [0.3, 0.4) is 0 Å². The lowest BCUT2D eigenvalue weighted by molar-refractivity contribution is 0.0250. The molecule has 0 radical (unpaired) electrons. The van der Waals surface area contributed by atoms with Crippen molar-refractivity contribution >= 4 is 11.6 Å². The van der Waals surface area contributed by atoms with E-state index >= 15 is 0 Å². The third-order valence-corrected chi connectivity index (χ3v) is 5.98. The van der Waals surface area contributed by atoms with Crippen molar-refractivity contribution in [1.82, 2.24) is 5.32 Å². The van der Waals surface area contributed by atoms with Crippen LogP contribution in [0.5, 0.6) is 0 Å². The summed E-state index contributed by atoms with van der Waals surface area (Å²) >= 11 is 6.01. The number of rotatable bonds is 4. The zero-order valence-corrected chi connectivity index (χ0v) is 13.3. The van der Waals surface area contributed by atoms with Crippen molar-refractivity contribution in [3.05, 3.63) is 23.6 Å². The summed E-state index contributed by atoms with van der Waals surface area (Å²) in [5.41, 5.74) is 0.547. The number of aliphatic hydroxyl groups is 1. The predicted molar refractivity (Wildman–Crippen MR) is 83.9 cm³/mol. The molecule has 0 aromatic carbocycles. The third-order valence-electron chi connectivity index (χ3n) is 5.61. The first-order valence-corrected chi connectivity index (χ1v) is 8.48. The molecule has 0 spiro atoms. The lowest BCUT2D eigenvalue weighted by atomic mass is 9.64. The van der Waals surface area contributed by atoms with Gasteiger partial charge in [0.15, 0.2) is 0 Å². The minimum absolute atomic E-state index is 0.0202. The Balaban J connectivity index is 1.77. The Bertz CT molecular complexity index is 530. The molecule has 2 aliphatic carbocycles. The molecular weight excluding hydrogens is 303 g/mol. The first-order chi connectivity index (χ1) is 10.6. The summed E-state index contributed by atoms with van der Waals surface area (Å²) in [6.45, 7) is 0.774. The van der Waals surface area contributed by atoms with E-state index in [1.807, 2.05) is 6.08 Å². The fourth-order valence-corrected chi connectivity index (χ4v) is 4.27. The highest BCUT2D eigenvalue weighted by Gasteiger charge is 2.45. The van der Waals surface area contributed by atoms with Gasteiger partial charge >= 0.3 is 0 Å². The van der Waals surface area contributed by atoms with E-state index in [1.165, 1.54) is 0 Å². The van der Waals surface area contributed by atoms with Crippen LogP contribution in [0.25, 0.3) is 0 Å². The molecule has 0 amide bonds. The fourth-order valence-electron chi connectivity index (χ4n) is 4.04. The zero-order chi connectivity index (χ0) is 15.7. The Morgan fingerprint density at radius 1 is 1.50 bits per heavy atom. The second-order valence-corrected chi connectivity index (χ2v) is 7.43. The van der Waals surface area contributed by atoms with Gasteiger partial charge in [-0.3, -0.25) is 0 Å². The summed E-state index contributed by atoms with van der Waals surface area (Å²) in [5, 5.41) is 22.0. The molecule has 0 aromatic rings. The van der Waals surface area contributed by atoms with Crippen LogP contribution in [0.2, 0.25) is 0 Å². The quantitative estimate of drug-likeness (QED) is 0.781. The van der Waals surface area contributed by atoms with Gasteiger partial charge in [0.25, 0.3) is 0 Å². The van der Waals surface area contributed by atoms with E-state index in [2.05, 4.69) is 11.4 Å². The van der Waals surface area contributed by atoms with Crippen molar-refractivity contribution in [2.45, 2.75) is 43.5 Å². The van der Waals surface area contributed by atoms with E-state index in [4.69, 9.17) is 11.6 Å². The second-order valence-electron chi connectivity index (χ2n) is 6.90. The first kappa shape index (κ1) is 16.0. The molecule has 3 rings (SSSR count). The molecule has 0 aromatic heterocycles. The summed E-state index contributed by atoms with van der Waals surface area (Å²) in [6.07, 6.45) is 8.16. The number of aliphatic hydroxyl groups excluding tert-OH is 1. The summed E-state index contributed by atoms with van der Waals surface area (Å²) < 4.78 is 14.3. The maximum absolute atomic E-state index is 14.3. The molecule has 1 saturated heterocycles. The molecule has 2 fully saturated rings. The van der Waals surface area contributed by atoms with Gasteiger partial charge in [0.2, 0.25) is 0 Å². The Morgan fingerprint density at radius 2 is 2.27 bits per heavy atom. The molecule has 4 unspecified atom stereocenters. The lowest BCUT2D eigenvalue weighted by Gasteiger charge is -2.42. The molecule has 1 aliphatic heterocycles. The molecule has 2 N–H and O–H groups in total. The van der Waals surface area contributed by atoms with Crippen LogP contribution in [0.15, 0.2) is 23.6 Å². The van der Waals surface area contributed by atoms with Crippen LogP contribution in [-0.2, 0) is 0 Å². The van der Waals surface area contributed by atoms with Crippen molar-refractivity contribution in [3.8, 4) is 6.07 Å². The van der Waals surface area contributed by atoms with E-state index < -0.39 is 5.38 Å². The van der Waals surface area contributed by atoms with E-state index in [9.17, 15) is 14.8 Å². The Hall–Kier alpha value is -0.890. The highest BCUT2D eigenvalue weighted by atomic mass is 35.5. The molecule has 0 bridgehead atoms. The van der Waals surface area contributed by atoms with Crippen molar-refractivity contribution in [2.24, 2.45) is 17.3 Å². The van der Waals surface area contributed by atoms with Crippen molar-refractivity contribution in [1.29, 1.82) is 5.26 Å². The number of halogens is 2. The smallest absolute Gasteiger partial charge is 0.122 e. The van der Waals surface area contributed by atoms with Crippen LogP contribution < -0.4 is 5.32 Å². The minimum Gasteiger partial charge on any atom is -0.396 e. The minimum atomic E-state index is -0.603. The molecule has 4 atom stereocenters. The van der Waals surface area contributed by atoms with Gasteiger partial charge in [-0.2, -0.15) is 5.26 Å². The molecule has 3 aliphatic rings. The van der Waals surface area contributed by atoms with E-state index in [1.54, 1.807) is 6.08 Å². The number of hydrogen-bond acceptors (Lipinski definition) is 3. The van der Waals surface area contributed by atoms with Gasteiger partial charge in [-0.15, -0.1) is 11.6 Å². The summed E-state index contributed by atoms with van der Waals surface area (Å²) in [6, 6.07) is 2.39. The molecular formula is C17H22ClFN2O. The predicted octanol–water partition coefficient (Wildman–Crippen LogP) is 3.06. The van der Waals surface area contributed by atoms with E-state index in [0.717, 1.165) is 25.7 Å². The SMILES string of the molecule is N#CC1C(CC2(CO)CCC2)NCC1C1=C(F)C(Cl)CC=C1. The maximum Gasteiger partial charge on any atom is 0.122 e. The largest absolute Gasteiger partial charge is 0.396 e. The van der Waals surface area contributed by atoms with Crippen LogP contribution in [-0.4, -0.2) is 29.7 Å². The number of nitrogens with zero attached hydrogens (tertiary/aromatic N) is 1. The Morgan fingerprint density at radius 3 is 2.86 bits per heavy atom. The van der Waals surface area contributed by atoms with Crippen molar-refractivity contribution in [2.75, 3.05) is 13.2 Å². The zero-order valence-electron chi connectivity index (χ0n) is 12.6. The summed E-state index contributed by atoms with van der Waals surface area (Å²) in [5.74, 6) is -0.697. The molecule has 22 heavy (non-hydrogen) atoms. The van der Waals surface area contributed by atoms with Crippen molar-refractivity contribution in [3.63, 3.8) is 0 Å². The topological polar surface area (TPSA) is 56.0 Å². The molecule has 5 heteroatoms. The standard InChI is InChI=1S/C17H22ClFN2O/c18-14-4-1-3-11(16(14)19)13-9-21-15(12(13)8-20)7-17(10-22)5-2-6-17/h1,3,12-15,21-22H,2,4-7,9-10H2. The monoisotopic (exact) mass is 324 g/mol. The maximum atomic E-state index is 14.3. The molecule has 1 saturated carbocycles. The number of hydrogen-bond donors (Lipinski definition) is 2.